The first-order chi connectivity index (χ1) is 9.19. The van der Waals surface area contributed by atoms with Crippen LogP contribution in [0.25, 0.3) is 0 Å². The molecule has 0 saturated carbocycles. The predicted molar refractivity (Wildman–Crippen MR) is 74.5 cm³/mol. The van der Waals surface area contributed by atoms with Crippen molar-refractivity contribution < 1.29 is 4.39 Å². The standard InChI is InChI=1S/C15H20FN3/c1-12(11-19-7-3-2-4-8-19)18-14-6-5-13(10-17)15(16)9-14/h5-6,9,12,18H,2-4,7-8,11H2,1H3. The summed E-state index contributed by atoms with van der Waals surface area (Å²) in [6.07, 6.45) is 3.88. The number of rotatable bonds is 4. The largest absolute Gasteiger partial charge is 0.381 e. The number of nitrogens with zero attached hydrogens (tertiary/aromatic N) is 2. The van der Waals surface area contributed by atoms with Gasteiger partial charge in [0.2, 0.25) is 0 Å². The molecule has 1 saturated heterocycles. The maximum Gasteiger partial charge on any atom is 0.143 e. The molecule has 2 rings (SSSR count). The average Bonchev–Trinajstić information content (AvgIpc) is 2.40. The molecule has 0 aliphatic carbocycles. The summed E-state index contributed by atoms with van der Waals surface area (Å²) in [4.78, 5) is 2.45. The van der Waals surface area contributed by atoms with Gasteiger partial charge in [0, 0.05) is 18.3 Å². The Hall–Kier alpha value is -1.60. The number of piperidine rings is 1. The van der Waals surface area contributed by atoms with Crippen LogP contribution in [-0.2, 0) is 0 Å². The van der Waals surface area contributed by atoms with Crippen molar-refractivity contribution in [1.82, 2.24) is 4.90 Å². The summed E-state index contributed by atoms with van der Waals surface area (Å²) in [6.45, 7) is 5.40. The van der Waals surface area contributed by atoms with Gasteiger partial charge in [0.25, 0.3) is 0 Å². The summed E-state index contributed by atoms with van der Waals surface area (Å²) in [7, 11) is 0. The second-order valence-electron chi connectivity index (χ2n) is 5.21. The first kappa shape index (κ1) is 13.8. The molecule has 1 fully saturated rings. The Labute approximate surface area is 114 Å². The highest BCUT2D eigenvalue weighted by Crippen LogP contribution is 2.16. The third-order valence-electron chi connectivity index (χ3n) is 3.48. The van der Waals surface area contributed by atoms with E-state index < -0.39 is 5.82 Å². The van der Waals surface area contributed by atoms with Gasteiger partial charge in [0.1, 0.15) is 11.9 Å². The monoisotopic (exact) mass is 261 g/mol. The highest BCUT2D eigenvalue weighted by atomic mass is 19.1. The predicted octanol–water partition coefficient (Wildman–Crippen LogP) is 2.98. The normalized spacial score (nSPS) is 17.7. The van der Waals surface area contributed by atoms with E-state index >= 15 is 0 Å². The molecule has 0 radical (unpaired) electrons. The summed E-state index contributed by atoms with van der Waals surface area (Å²) in [5.41, 5.74) is 0.829. The van der Waals surface area contributed by atoms with Gasteiger partial charge in [-0.25, -0.2) is 4.39 Å². The van der Waals surface area contributed by atoms with Gasteiger partial charge < -0.3 is 10.2 Å². The third kappa shape index (κ3) is 3.93. The summed E-state index contributed by atoms with van der Waals surface area (Å²) >= 11 is 0. The van der Waals surface area contributed by atoms with Crippen molar-refractivity contribution in [3.8, 4) is 6.07 Å². The van der Waals surface area contributed by atoms with Gasteiger partial charge in [-0.15, -0.1) is 0 Å². The van der Waals surface area contributed by atoms with Gasteiger partial charge in [-0.05, 0) is 51.1 Å². The lowest BCUT2D eigenvalue weighted by Gasteiger charge is -2.29. The maximum atomic E-state index is 13.5. The van der Waals surface area contributed by atoms with Crippen LogP contribution in [0.1, 0.15) is 31.7 Å². The Morgan fingerprint density at radius 1 is 1.37 bits per heavy atom. The minimum Gasteiger partial charge on any atom is -0.381 e. The molecule has 0 amide bonds. The van der Waals surface area contributed by atoms with E-state index in [1.54, 1.807) is 6.07 Å². The maximum absolute atomic E-state index is 13.5. The first-order valence-corrected chi connectivity index (χ1v) is 6.87. The molecule has 1 N–H and O–H groups in total. The van der Waals surface area contributed by atoms with Gasteiger partial charge in [0.15, 0.2) is 0 Å². The second-order valence-corrected chi connectivity index (χ2v) is 5.21. The van der Waals surface area contributed by atoms with Crippen LogP contribution in [-0.4, -0.2) is 30.6 Å². The quantitative estimate of drug-likeness (QED) is 0.905. The van der Waals surface area contributed by atoms with E-state index in [4.69, 9.17) is 5.26 Å². The van der Waals surface area contributed by atoms with Gasteiger partial charge >= 0.3 is 0 Å². The smallest absolute Gasteiger partial charge is 0.143 e. The lowest BCUT2D eigenvalue weighted by atomic mass is 10.1. The molecule has 4 heteroatoms. The molecule has 0 spiro atoms. The molecule has 1 atom stereocenters. The number of likely N-dealkylation sites (tertiary alicyclic amines) is 1. The third-order valence-corrected chi connectivity index (χ3v) is 3.48. The SMILES string of the molecule is CC(CN1CCCCC1)Nc1ccc(C#N)c(F)c1. The van der Waals surface area contributed by atoms with E-state index in [1.807, 2.05) is 6.07 Å². The van der Waals surface area contributed by atoms with Gasteiger partial charge in [0.05, 0.1) is 5.56 Å². The number of benzene rings is 1. The van der Waals surface area contributed by atoms with E-state index in [1.165, 1.54) is 31.4 Å². The highest BCUT2D eigenvalue weighted by molar-refractivity contribution is 5.48. The molecule has 19 heavy (non-hydrogen) atoms. The zero-order chi connectivity index (χ0) is 13.7. The summed E-state index contributed by atoms with van der Waals surface area (Å²) < 4.78 is 13.5. The van der Waals surface area contributed by atoms with E-state index in [2.05, 4.69) is 17.1 Å². The van der Waals surface area contributed by atoms with Gasteiger partial charge in [-0.1, -0.05) is 6.42 Å². The molecule has 0 aromatic heterocycles. The van der Waals surface area contributed by atoms with Crippen LogP contribution >= 0.6 is 0 Å². The van der Waals surface area contributed by atoms with Crippen molar-refractivity contribution in [2.24, 2.45) is 0 Å². The molecule has 1 unspecified atom stereocenters. The summed E-state index contributed by atoms with van der Waals surface area (Å²) in [5.74, 6) is -0.460. The molecule has 0 bridgehead atoms. The van der Waals surface area contributed by atoms with Crippen LogP contribution < -0.4 is 5.32 Å². The lowest BCUT2D eigenvalue weighted by molar-refractivity contribution is 0.223. The first-order valence-electron chi connectivity index (χ1n) is 6.87. The molecule has 3 nitrogen and oxygen atoms in total. The number of nitrogens with one attached hydrogen (secondary N) is 1. The van der Waals surface area contributed by atoms with E-state index in [0.29, 0.717) is 0 Å². The van der Waals surface area contributed by atoms with Crippen molar-refractivity contribution in [1.29, 1.82) is 5.26 Å². The van der Waals surface area contributed by atoms with Crippen molar-refractivity contribution in [2.75, 3.05) is 25.0 Å². The Balaban J connectivity index is 1.89. The molecular weight excluding hydrogens is 241 g/mol. The van der Waals surface area contributed by atoms with Crippen LogP contribution in [0, 0.1) is 17.1 Å². The molecule has 102 valence electrons. The second kappa shape index (κ2) is 6.53. The van der Waals surface area contributed by atoms with Crippen molar-refractivity contribution in [2.45, 2.75) is 32.2 Å². The number of hydrogen-bond acceptors (Lipinski definition) is 3. The Kier molecular flexibility index (Phi) is 4.75. The van der Waals surface area contributed by atoms with Gasteiger partial charge in [-0.2, -0.15) is 5.26 Å². The fraction of sp³-hybridized carbons (Fsp3) is 0.533. The van der Waals surface area contributed by atoms with Crippen LogP contribution in [0.5, 0.6) is 0 Å². The Bertz CT molecular complexity index is 461. The fourth-order valence-electron chi connectivity index (χ4n) is 2.55. The highest BCUT2D eigenvalue weighted by Gasteiger charge is 2.13. The number of nitriles is 1. The van der Waals surface area contributed by atoms with Crippen molar-refractivity contribution >= 4 is 5.69 Å². The minimum atomic E-state index is -0.460. The summed E-state index contributed by atoms with van der Waals surface area (Å²) in [6, 6.07) is 6.77. The molecule has 1 aliphatic rings. The zero-order valence-corrected chi connectivity index (χ0v) is 11.3. The van der Waals surface area contributed by atoms with Crippen molar-refractivity contribution in [3.05, 3.63) is 29.6 Å². The Morgan fingerprint density at radius 3 is 2.74 bits per heavy atom. The number of anilines is 1. The van der Waals surface area contributed by atoms with Crippen molar-refractivity contribution in [3.63, 3.8) is 0 Å². The molecule has 1 heterocycles. The molecule has 1 aromatic carbocycles. The van der Waals surface area contributed by atoms with E-state index in [9.17, 15) is 4.39 Å². The molecule has 1 aromatic rings. The zero-order valence-electron chi connectivity index (χ0n) is 11.3. The Morgan fingerprint density at radius 2 is 2.11 bits per heavy atom. The fourth-order valence-corrected chi connectivity index (χ4v) is 2.55. The average molecular weight is 261 g/mol. The van der Waals surface area contributed by atoms with Crippen LogP contribution in [0.4, 0.5) is 10.1 Å². The van der Waals surface area contributed by atoms with E-state index in [-0.39, 0.29) is 11.6 Å². The van der Waals surface area contributed by atoms with Crippen LogP contribution in [0.2, 0.25) is 0 Å². The summed E-state index contributed by atoms with van der Waals surface area (Å²) in [5, 5.41) is 12.0. The van der Waals surface area contributed by atoms with Crippen LogP contribution in [0.3, 0.4) is 0 Å². The lowest BCUT2D eigenvalue weighted by Crippen LogP contribution is -2.38. The molecule has 1 aliphatic heterocycles. The molecular formula is C15H20FN3. The van der Waals surface area contributed by atoms with E-state index in [0.717, 1.165) is 25.3 Å². The number of halogens is 1. The topological polar surface area (TPSA) is 39.1 Å². The van der Waals surface area contributed by atoms with Gasteiger partial charge in [-0.3, -0.25) is 0 Å². The van der Waals surface area contributed by atoms with Crippen LogP contribution in [0.15, 0.2) is 18.2 Å². The minimum absolute atomic E-state index is 0.0919. The number of hydrogen-bond donors (Lipinski definition) is 1.